The third kappa shape index (κ3) is 3.54. The van der Waals surface area contributed by atoms with Crippen LogP contribution in [0.2, 0.25) is 0 Å². The molecule has 4 nitrogen and oxygen atoms in total. The predicted octanol–water partition coefficient (Wildman–Crippen LogP) is 8.33. The highest BCUT2D eigenvalue weighted by Gasteiger charge is 2.30. The number of aliphatic imine (C=N–C) groups is 1. The molecule has 0 saturated carbocycles. The number of benzene rings is 5. The molecule has 6 aromatic rings. The summed E-state index contributed by atoms with van der Waals surface area (Å²) in [6, 6.07) is 36.6. The molecule has 1 atom stereocenters. The standard InChI is InChI=1S/C36H28N4/c37-36(20-9-2-10-21-36)39-31-23-40-32-19-11-17-28(27-16-7-8-18-30(27)38-25-13-3-1-4-14-25)33(32)34-26-15-6-5-12-24(26)22-29(31)35(34)40/h1-20,22,38H,21,23,37H2/b39-31+/t36-/m0/s1. The van der Waals surface area contributed by atoms with Gasteiger partial charge in [0.2, 0.25) is 0 Å². The lowest BCUT2D eigenvalue weighted by molar-refractivity contribution is 0.559. The minimum absolute atomic E-state index is 0.703. The molecule has 4 heteroatoms. The number of fused-ring (bicyclic) bond motifs is 5. The topological polar surface area (TPSA) is 55.3 Å². The van der Waals surface area contributed by atoms with Gasteiger partial charge in [-0.05, 0) is 52.7 Å². The Labute approximate surface area is 232 Å². The van der Waals surface area contributed by atoms with E-state index < -0.39 is 5.66 Å². The SMILES string of the molecule is N[C@]1(/N=C2\Cn3c4cccc(-c5ccccc5Nc5ccccc5)c4c4c5ccccc5cc2c43)C=CC=CC1. The van der Waals surface area contributed by atoms with Gasteiger partial charge in [-0.2, -0.15) is 0 Å². The molecule has 40 heavy (non-hydrogen) atoms. The number of hydrogen-bond donors (Lipinski definition) is 2. The predicted molar refractivity (Wildman–Crippen MR) is 168 cm³/mol. The van der Waals surface area contributed by atoms with Crippen LogP contribution >= 0.6 is 0 Å². The molecule has 5 aromatic carbocycles. The van der Waals surface area contributed by atoms with Gasteiger partial charge in [0.25, 0.3) is 0 Å². The number of rotatable bonds is 4. The van der Waals surface area contributed by atoms with Crippen LogP contribution in [0.4, 0.5) is 11.4 Å². The molecule has 1 aliphatic heterocycles. The normalized spacial score (nSPS) is 18.9. The highest BCUT2D eigenvalue weighted by molar-refractivity contribution is 6.31. The van der Waals surface area contributed by atoms with Crippen molar-refractivity contribution in [3.05, 3.63) is 133 Å². The molecule has 2 heterocycles. The van der Waals surface area contributed by atoms with E-state index in [-0.39, 0.29) is 0 Å². The van der Waals surface area contributed by atoms with Gasteiger partial charge in [-0.25, -0.2) is 0 Å². The number of allylic oxidation sites excluding steroid dienone is 2. The van der Waals surface area contributed by atoms with E-state index in [1.807, 2.05) is 24.3 Å². The maximum atomic E-state index is 6.73. The number of nitrogens with one attached hydrogen (secondary N) is 1. The molecule has 1 aromatic heterocycles. The number of para-hydroxylation sites is 2. The van der Waals surface area contributed by atoms with Gasteiger partial charge in [0.05, 0.1) is 23.3 Å². The molecule has 2 aliphatic rings. The summed E-state index contributed by atoms with van der Waals surface area (Å²) in [7, 11) is 0. The molecular weight excluding hydrogens is 488 g/mol. The fraction of sp³-hybridized carbons (Fsp3) is 0.0833. The lowest BCUT2D eigenvalue weighted by Gasteiger charge is -2.23. The summed E-state index contributed by atoms with van der Waals surface area (Å²) in [5.74, 6) is 0. The summed E-state index contributed by atoms with van der Waals surface area (Å²) < 4.78 is 2.44. The summed E-state index contributed by atoms with van der Waals surface area (Å²) in [5, 5.41) is 8.69. The van der Waals surface area contributed by atoms with E-state index in [4.69, 9.17) is 10.7 Å². The van der Waals surface area contributed by atoms with Crippen molar-refractivity contribution in [1.82, 2.24) is 4.57 Å². The molecule has 192 valence electrons. The van der Waals surface area contributed by atoms with Crippen LogP contribution in [0.25, 0.3) is 43.7 Å². The van der Waals surface area contributed by atoms with Gasteiger partial charge in [-0.1, -0.05) is 91.0 Å². The lowest BCUT2D eigenvalue weighted by Crippen LogP contribution is -2.37. The minimum atomic E-state index is -0.713. The largest absolute Gasteiger partial charge is 0.355 e. The van der Waals surface area contributed by atoms with Crippen LogP contribution in [0.1, 0.15) is 12.0 Å². The Kier molecular flexibility index (Phi) is 5.06. The molecule has 8 rings (SSSR count). The van der Waals surface area contributed by atoms with Gasteiger partial charge in [0.1, 0.15) is 5.66 Å². The first-order chi connectivity index (χ1) is 19.7. The summed E-state index contributed by atoms with van der Waals surface area (Å²) in [6.07, 6.45) is 8.85. The quantitative estimate of drug-likeness (QED) is 0.247. The maximum absolute atomic E-state index is 6.73. The minimum Gasteiger partial charge on any atom is -0.355 e. The molecular formula is C36H28N4. The van der Waals surface area contributed by atoms with E-state index in [2.05, 4.69) is 113 Å². The fourth-order valence-corrected chi connectivity index (χ4v) is 6.42. The van der Waals surface area contributed by atoms with E-state index in [0.717, 1.165) is 17.1 Å². The molecule has 0 radical (unpaired) electrons. The Balaban J connectivity index is 1.41. The highest BCUT2D eigenvalue weighted by Crippen LogP contribution is 2.45. The first-order valence-electron chi connectivity index (χ1n) is 13.8. The second kappa shape index (κ2) is 8.80. The average Bonchev–Trinajstić information content (AvgIpc) is 3.51. The van der Waals surface area contributed by atoms with Crippen LogP contribution in [0.15, 0.2) is 132 Å². The van der Waals surface area contributed by atoms with E-state index in [1.54, 1.807) is 0 Å². The molecule has 0 bridgehead atoms. The second-order valence-electron chi connectivity index (χ2n) is 10.7. The summed E-state index contributed by atoms with van der Waals surface area (Å²) in [4.78, 5) is 5.16. The molecule has 0 unspecified atom stereocenters. The number of anilines is 2. The summed E-state index contributed by atoms with van der Waals surface area (Å²) in [6.45, 7) is 0.704. The number of aromatic nitrogens is 1. The van der Waals surface area contributed by atoms with Gasteiger partial charge in [0, 0.05) is 39.7 Å². The monoisotopic (exact) mass is 516 g/mol. The fourth-order valence-electron chi connectivity index (χ4n) is 6.42. The Hall–Kier alpha value is -4.93. The number of nitrogens with zero attached hydrogens (tertiary/aromatic N) is 2. The van der Waals surface area contributed by atoms with Gasteiger partial charge >= 0.3 is 0 Å². The first kappa shape index (κ1) is 23.0. The van der Waals surface area contributed by atoms with Crippen molar-refractivity contribution in [3.63, 3.8) is 0 Å². The molecule has 0 fully saturated rings. The molecule has 0 spiro atoms. The summed E-state index contributed by atoms with van der Waals surface area (Å²) in [5.41, 5.74) is 15.3. The first-order valence-corrected chi connectivity index (χ1v) is 13.8. The van der Waals surface area contributed by atoms with Crippen molar-refractivity contribution in [2.75, 3.05) is 5.32 Å². The van der Waals surface area contributed by atoms with Crippen molar-refractivity contribution in [1.29, 1.82) is 0 Å². The van der Waals surface area contributed by atoms with Gasteiger partial charge in [-0.3, -0.25) is 4.99 Å². The molecule has 0 amide bonds. The van der Waals surface area contributed by atoms with Crippen LogP contribution in [-0.2, 0) is 6.54 Å². The van der Waals surface area contributed by atoms with Crippen molar-refractivity contribution in [2.24, 2.45) is 10.7 Å². The van der Waals surface area contributed by atoms with Crippen molar-refractivity contribution in [2.45, 2.75) is 18.6 Å². The van der Waals surface area contributed by atoms with Crippen LogP contribution < -0.4 is 11.1 Å². The average molecular weight is 517 g/mol. The van der Waals surface area contributed by atoms with Gasteiger partial charge in [0.15, 0.2) is 0 Å². The second-order valence-corrected chi connectivity index (χ2v) is 10.7. The Morgan fingerprint density at radius 2 is 1.55 bits per heavy atom. The number of nitrogens with two attached hydrogens (primary N) is 1. The van der Waals surface area contributed by atoms with E-state index >= 15 is 0 Å². The zero-order valence-corrected chi connectivity index (χ0v) is 22.0. The van der Waals surface area contributed by atoms with Crippen molar-refractivity contribution >= 4 is 49.7 Å². The third-order valence-corrected chi connectivity index (χ3v) is 8.18. The van der Waals surface area contributed by atoms with Gasteiger partial charge < -0.3 is 15.6 Å². The van der Waals surface area contributed by atoms with Crippen molar-refractivity contribution in [3.8, 4) is 11.1 Å². The molecule has 3 N–H and O–H groups in total. The Morgan fingerprint density at radius 1 is 0.750 bits per heavy atom. The van der Waals surface area contributed by atoms with Gasteiger partial charge in [-0.15, -0.1) is 0 Å². The van der Waals surface area contributed by atoms with Crippen LogP contribution in [0.5, 0.6) is 0 Å². The van der Waals surface area contributed by atoms with Crippen LogP contribution in [-0.4, -0.2) is 15.9 Å². The Morgan fingerprint density at radius 3 is 2.42 bits per heavy atom. The van der Waals surface area contributed by atoms with E-state index in [1.165, 1.54) is 49.3 Å². The smallest absolute Gasteiger partial charge is 0.131 e. The number of hydrogen-bond acceptors (Lipinski definition) is 3. The lowest BCUT2D eigenvalue weighted by atomic mass is 9.93. The maximum Gasteiger partial charge on any atom is 0.131 e. The molecule has 0 saturated heterocycles. The van der Waals surface area contributed by atoms with E-state index in [0.29, 0.717) is 13.0 Å². The Bertz CT molecular complexity index is 2040. The summed E-state index contributed by atoms with van der Waals surface area (Å²) >= 11 is 0. The zero-order valence-electron chi connectivity index (χ0n) is 22.0. The van der Waals surface area contributed by atoms with E-state index in [9.17, 15) is 0 Å². The zero-order chi connectivity index (χ0) is 26.7. The van der Waals surface area contributed by atoms with Crippen LogP contribution in [0, 0.1) is 0 Å². The molecule has 1 aliphatic carbocycles. The van der Waals surface area contributed by atoms with Crippen molar-refractivity contribution < 1.29 is 0 Å². The highest BCUT2D eigenvalue weighted by atomic mass is 15.1. The van der Waals surface area contributed by atoms with Crippen LogP contribution in [0.3, 0.4) is 0 Å². The third-order valence-electron chi connectivity index (χ3n) is 8.18.